The second kappa shape index (κ2) is 3.18. The van der Waals surface area contributed by atoms with E-state index in [9.17, 15) is 22.4 Å². The van der Waals surface area contributed by atoms with Gasteiger partial charge in [0, 0.05) is 0 Å². The fourth-order valence-electron chi connectivity index (χ4n) is 0.181. The number of amides is 1. The van der Waals surface area contributed by atoms with Gasteiger partial charge in [-0.25, -0.2) is 4.39 Å². The van der Waals surface area contributed by atoms with Crippen LogP contribution in [0.3, 0.4) is 0 Å². The van der Waals surface area contributed by atoms with Gasteiger partial charge in [0.05, 0.1) is 0 Å². The fourth-order valence-corrected chi connectivity index (χ4v) is 0.389. The van der Waals surface area contributed by atoms with Crippen LogP contribution in [0.5, 0.6) is 0 Å². The minimum absolute atomic E-state index is 0.969. The van der Waals surface area contributed by atoms with Crippen LogP contribution in [0.25, 0.3) is 0 Å². The number of hydrogen-bond donors (Lipinski definition) is 1. The molecule has 0 saturated heterocycles. The molecule has 0 heterocycles. The predicted molar refractivity (Wildman–Crippen MR) is 28.0 cm³/mol. The van der Waals surface area contributed by atoms with Crippen LogP contribution >= 0.6 is 15.9 Å². The first-order valence-electron chi connectivity index (χ1n) is 2.00. The molecule has 0 aliphatic carbocycles. The standard InChI is InChI=1S/C3H2BrF4NO/c4-2(5)9-1(10)3(6,7)8/h2H,(H,9,10). The summed E-state index contributed by atoms with van der Waals surface area (Å²) in [7, 11) is 0. The van der Waals surface area contributed by atoms with Crippen molar-refractivity contribution in [2.24, 2.45) is 0 Å². The van der Waals surface area contributed by atoms with E-state index in [1.165, 1.54) is 0 Å². The minimum Gasteiger partial charge on any atom is -0.310 e. The van der Waals surface area contributed by atoms with Gasteiger partial charge in [0.15, 0.2) is 0 Å². The zero-order valence-electron chi connectivity index (χ0n) is 4.38. The van der Waals surface area contributed by atoms with Crippen LogP contribution < -0.4 is 5.32 Å². The largest absolute Gasteiger partial charge is 0.471 e. The van der Waals surface area contributed by atoms with Crippen molar-refractivity contribution in [2.75, 3.05) is 0 Å². The van der Waals surface area contributed by atoms with Gasteiger partial charge in [-0.1, -0.05) is 0 Å². The molecule has 0 aromatic carbocycles. The van der Waals surface area contributed by atoms with Gasteiger partial charge in [-0.15, -0.1) is 0 Å². The van der Waals surface area contributed by atoms with Crippen LogP contribution in [0.15, 0.2) is 0 Å². The van der Waals surface area contributed by atoms with Gasteiger partial charge in [-0.3, -0.25) is 4.79 Å². The first-order chi connectivity index (χ1) is 4.34. The molecule has 0 aromatic heterocycles. The Morgan fingerprint density at radius 3 is 2.00 bits per heavy atom. The van der Waals surface area contributed by atoms with Crippen LogP contribution in [0.4, 0.5) is 17.6 Å². The molecule has 0 aliphatic rings. The smallest absolute Gasteiger partial charge is 0.310 e. The number of halogens is 5. The van der Waals surface area contributed by atoms with Crippen molar-refractivity contribution in [3.63, 3.8) is 0 Å². The Morgan fingerprint density at radius 2 is 1.90 bits per heavy atom. The van der Waals surface area contributed by atoms with Crippen LogP contribution in [0, 0.1) is 0 Å². The highest BCUT2D eigenvalue weighted by Crippen LogP contribution is 2.15. The van der Waals surface area contributed by atoms with Gasteiger partial charge < -0.3 is 5.32 Å². The van der Waals surface area contributed by atoms with Crippen molar-refractivity contribution in [1.82, 2.24) is 5.32 Å². The summed E-state index contributed by atoms with van der Waals surface area (Å²) in [6, 6.07) is 0. The van der Waals surface area contributed by atoms with E-state index in [0.717, 1.165) is 5.32 Å². The molecule has 10 heavy (non-hydrogen) atoms. The van der Waals surface area contributed by atoms with Gasteiger partial charge in [0.2, 0.25) is 5.20 Å². The lowest BCUT2D eigenvalue weighted by Gasteiger charge is -2.06. The monoisotopic (exact) mass is 223 g/mol. The molecule has 1 amide bonds. The Hall–Kier alpha value is -0.330. The van der Waals surface area contributed by atoms with E-state index >= 15 is 0 Å². The molecule has 0 rings (SSSR count). The van der Waals surface area contributed by atoms with Crippen LogP contribution in [-0.4, -0.2) is 17.3 Å². The average Bonchev–Trinajstić information content (AvgIpc) is 1.60. The van der Waals surface area contributed by atoms with E-state index < -0.39 is 17.3 Å². The summed E-state index contributed by atoms with van der Waals surface area (Å²) in [6.07, 6.45) is -5.03. The summed E-state index contributed by atoms with van der Waals surface area (Å²) >= 11 is 2.07. The molecule has 1 N–H and O–H groups in total. The summed E-state index contributed by atoms with van der Waals surface area (Å²) in [5.41, 5.74) is 0. The Balaban J connectivity index is 3.87. The zero-order valence-corrected chi connectivity index (χ0v) is 5.96. The van der Waals surface area contributed by atoms with Gasteiger partial charge in [0.1, 0.15) is 0 Å². The van der Waals surface area contributed by atoms with Crippen molar-refractivity contribution in [3.8, 4) is 0 Å². The van der Waals surface area contributed by atoms with Crippen molar-refractivity contribution in [2.45, 2.75) is 11.4 Å². The van der Waals surface area contributed by atoms with E-state index in [-0.39, 0.29) is 0 Å². The molecule has 0 radical (unpaired) electrons. The number of alkyl halides is 5. The normalized spacial score (nSPS) is 14.5. The van der Waals surface area contributed by atoms with Crippen LogP contribution in [-0.2, 0) is 4.79 Å². The maximum absolute atomic E-state index is 11.6. The molecule has 0 spiro atoms. The zero-order chi connectivity index (χ0) is 8.36. The highest BCUT2D eigenvalue weighted by Gasteiger charge is 2.39. The molecular weight excluding hydrogens is 222 g/mol. The van der Waals surface area contributed by atoms with Crippen molar-refractivity contribution < 1.29 is 22.4 Å². The summed E-state index contributed by atoms with van der Waals surface area (Å²) in [4.78, 5) is 9.77. The van der Waals surface area contributed by atoms with Gasteiger partial charge in [0.25, 0.3) is 0 Å². The van der Waals surface area contributed by atoms with Crippen LogP contribution in [0.1, 0.15) is 0 Å². The van der Waals surface area contributed by atoms with Crippen molar-refractivity contribution in [1.29, 1.82) is 0 Å². The number of rotatable bonds is 1. The van der Waals surface area contributed by atoms with Crippen molar-refractivity contribution >= 4 is 21.8 Å². The number of nitrogens with one attached hydrogen (secondary N) is 1. The van der Waals surface area contributed by atoms with Gasteiger partial charge in [-0.05, 0) is 15.9 Å². The Kier molecular flexibility index (Phi) is 3.07. The average molecular weight is 224 g/mol. The Morgan fingerprint density at radius 1 is 1.50 bits per heavy atom. The van der Waals surface area contributed by atoms with Gasteiger partial charge in [-0.2, -0.15) is 13.2 Å². The Labute approximate surface area is 61.7 Å². The first-order valence-corrected chi connectivity index (χ1v) is 2.91. The van der Waals surface area contributed by atoms with Gasteiger partial charge >= 0.3 is 12.1 Å². The fraction of sp³-hybridized carbons (Fsp3) is 0.667. The summed E-state index contributed by atoms with van der Waals surface area (Å²) in [6.45, 7) is 0. The molecule has 60 valence electrons. The molecule has 1 unspecified atom stereocenters. The Bertz CT molecular complexity index is 133. The molecule has 0 saturated carbocycles. The lowest BCUT2D eigenvalue weighted by atomic mass is 10.6. The second-order valence-corrected chi connectivity index (χ2v) is 2.08. The second-order valence-electron chi connectivity index (χ2n) is 1.27. The third kappa shape index (κ3) is 3.65. The van der Waals surface area contributed by atoms with E-state index in [1.54, 1.807) is 0 Å². The summed E-state index contributed by atoms with van der Waals surface area (Å²) in [5.74, 6) is -2.31. The number of carbonyl (C=O) groups is 1. The topological polar surface area (TPSA) is 29.1 Å². The van der Waals surface area contributed by atoms with Crippen LogP contribution in [0.2, 0.25) is 0 Å². The third-order valence-electron chi connectivity index (χ3n) is 0.498. The molecule has 2 nitrogen and oxygen atoms in total. The number of hydrogen-bond acceptors (Lipinski definition) is 1. The molecule has 0 aliphatic heterocycles. The molecule has 7 heteroatoms. The maximum atomic E-state index is 11.6. The predicted octanol–water partition coefficient (Wildman–Crippen LogP) is 1.31. The van der Waals surface area contributed by atoms with Crippen molar-refractivity contribution in [3.05, 3.63) is 0 Å². The highest BCUT2D eigenvalue weighted by atomic mass is 79.9. The van der Waals surface area contributed by atoms with E-state index in [1.807, 2.05) is 0 Å². The molecule has 0 bridgehead atoms. The molecule has 0 aromatic rings. The number of carbonyl (C=O) groups excluding carboxylic acids is 1. The first kappa shape index (κ1) is 9.67. The summed E-state index contributed by atoms with van der Waals surface area (Å²) in [5, 5.41) is -1.20. The molecule has 0 fully saturated rings. The van der Waals surface area contributed by atoms with E-state index in [4.69, 9.17) is 0 Å². The lowest BCUT2D eigenvalue weighted by Crippen LogP contribution is -2.38. The highest BCUT2D eigenvalue weighted by molar-refractivity contribution is 9.09. The third-order valence-corrected chi connectivity index (χ3v) is 0.727. The minimum atomic E-state index is -5.03. The SMILES string of the molecule is O=C(NC(F)Br)C(F)(F)F. The van der Waals surface area contributed by atoms with E-state index in [0.29, 0.717) is 0 Å². The lowest BCUT2D eigenvalue weighted by molar-refractivity contribution is -0.174. The maximum Gasteiger partial charge on any atom is 0.471 e. The molecule has 1 atom stereocenters. The summed E-state index contributed by atoms with van der Waals surface area (Å²) < 4.78 is 45.2. The van der Waals surface area contributed by atoms with E-state index in [2.05, 4.69) is 15.9 Å². The quantitative estimate of drug-likeness (QED) is 0.406. The molecular formula is C3H2BrF4NO.